The molecule has 0 aliphatic carbocycles. The lowest BCUT2D eigenvalue weighted by Gasteiger charge is -2.15. The van der Waals surface area contributed by atoms with Crippen molar-refractivity contribution in [1.29, 1.82) is 0 Å². The second-order valence-corrected chi connectivity index (χ2v) is 7.91. The van der Waals surface area contributed by atoms with Gasteiger partial charge in [-0.25, -0.2) is 4.79 Å². The first-order chi connectivity index (χ1) is 14.7. The lowest BCUT2D eigenvalue weighted by Crippen LogP contribution is -2.47. The van der Waals surface area contributed by atoms with Gasteiger partial charge < -0.3 is 5.32 Å². The van der Waals surface area contributed by atoms with Crippen LogP contribution in [-0.4, -0.2) is 26.3 Å². The summed E-state index contributed by atoms with van der Waals surface area (Å²) in [6.45, 7) is 9.67. The number of nitrogens with one attached hydrogen (secondary N) is 1. The van der Waals surface area contributed by atoms with Crippen LogP contribution in [0.5, 0.6) is 0 Å². The van der Waals surface area contributed by atoms with Gasteiger partial charge in [-0.15, -0.1) is 0 Å². The van der Waals surface area contributed by atoms with Crippen molar-refractivity contribution >= 4 is 5.91 Å². The molecule has 0 radical (unpaired) electrons. The molecule has 0 saturated carbocycles. The Hall–Kier alpha value is -3.48. The Bertz CT molecular complexity index is 1240. The van der Waals surface area contributed by atoms with Crippen LogP contribution in [0.15, 0.2) is 52.1 Å². The van der Waals surface area contributed by atoms with Crippen LogP contribution in [0.3, 0.4) is 0 Å². The van der Waals surface area contributed by atoms with Crippen LogP contribution in [0.25, 0.3) is 5.69 Å². The van der Waals surface area contributed by atoms with Crippen molar-refractivity contribution in [3.05, 3.63) is 91.3 Å². The molecule has 0 unspecified atom stereocenters. The van der Waals surface area contributed by atoms with Gasteiger partial charge in [0, 0.05) is 6.04 Å². The zero-order valence-corrected chi connectivity index (χ0v) is 18.6. The Kier molecular flexibility index (Phi) is 6.53. The summed E-state index contributed by atoms with van der Waals surface area (Å²) >= 11 is 0. The summed E-state index contributed by atoms with van der Waals surface area (Å²) < 4.78 is 2.22. The van der Waals surface area contributed by atoms with Crippen LogP contribution in [0.1, 0.15) is 53.0 Å². The second-order valence-electron chi connectivity index (χ2n) is 7.91. The maximum atomic E-state index is 13.3. The van der Waals surface area contributed by atoms with Crippen molar-refractivity contribution in [3.63, 3.8) is 0 Å². The van der Waals surface area contributed by atoms with Gasteiger partial charge in [0.25, 0.3) is 11.5 Å². The summed E-state index contributed by atoms with van der Waals surface area (Å²) in [4.78, 5) is 39.3. The van der Waals surface area contributed by atoms with Crippen LogP contribution in [0, 0.1) is 20.8 Å². The molecule has 1 heterocycles. The molecule has 0 spiro atoms. The number of hydrogen-bond donors (Lipinski definition) is 1. The number of aromatic nitrogens is 3. The van der Waals surface area contributed by atoms with E-state index < -0.39 is 17.2 Å². The van der Waals surface area contributed by atoms with E-state index >= 15 is 0 Å². The molecule has 31 heavy (non-hydrogen) atoms. The molecular weight excluding hydrogens is 392 g/mol. The van der Waals surface area contributed by atoms with Crippen molar-refractivity contribution < 1.29 is 4.79 Å². The summed E-state index contributed by atoms with van der Waals surface area (Å²) in [7, 11) is 0. The highest BCUT2D eigenvalue weighted by Gasteiger charge is 2.21. The first-order valence-corrected chi connectivity index (χ1v) is 10.4. The van der Waals surface area contributed by atoms with Crippen molar-refractivity contribution in [2.24, 2.45) is 0 Å². The van der Waals surface area contributed by atoms with Crippen molar-refractivity contribution in [3.8, 4) is 5.69 Å². The molecule has 0 saturated heterocycles. The number of aryl methyl sites for hydroxylation is 3. The third-order valence-electron chi connectivity index (χ3n) is 5.59. The average Bonchev–Trinajstić information content (AvgIpc) is 2.74. The summed E-state index contributed by atoms with van der Waals surface area (Å²) in [5, 5.41) is 6.96. The number of benzene rings is 2. The van der Waals surface area contributed by atoms with Gasteiger partial charge in [0.05, 0.1) is 12.2 Å². The molecule has 3 aromatic rings. The summed E-state index contributed by atoms with van der Waals surface area (Å²) in [5.74, 6) is -0.588. The van der Waals surface area contributed by atoms with Crippen LogP contribution in [0.2, 0.25) is 0 Å². The molecule has 1 N–H and O–H groups in total. The third-order valence-corrected chi connectivity index (χ3v) is 5.59. The number of hydrogen-bond acceptors (Lipinski definition) is 4. The predicted octanol–water partition coefficient (Wildman–Crippen LogP) is 2.90. The highest BCUT2D eigenvalue weighted by Crippen LogP contribution is 2.12. The van der Waals surface area contributed by atoms with Crippen LogP contribution < -0.4 is 16.6 Å². The minimum absolute atomic E-state index is 0.0569. The second kappa shape index (κ2) is 9.12. The zero-order chi connectivity index (χ0) is 22.7. The topological polar surface area (TPSA) is 86.0 Å². The Morgan fingerprint density at radius 1 is 1.03 bits per heavy atom. The Balaban J connectivity index is 2.23. The van der Waals surface area contributed by atoms with Crippen LogP contribution >= 0.6 is 0 Å². The van der Waals surface area contributed by atoms with Crippen molar-refractivity contribution in [2.45, 2.75) is 53.6 Å². The molecule has 2 aromatic carbocycles. The van der Waals surface area contributed by atoms with E-state index in [1.165, 1.54) is 0 Å². The lowest BCUT2D eigenvalue weighted by molar-refractivity contribution is 0.0929. The van der Waals surface area contributed by atoms with E-state index in [1.54, 1.807) is 6.07 Å². The fourth-order valence-electron chi connectivity index (χ4n) is 3.17. The highest BCUT2D eigenvalue weighted by atomic mass is 16.2. The third kappa shape index (κ3) is 4.66. The first-order valence-electron chi connectivity index (χ1n) is 10.4. The standard InChI is InChI=1S/C24H28N4O3/c1-6-18(5)25-22(29)21-23(30)27(14-19-10-8-7-9-16(19)3)24(31)28(26-21)20-12-11-15(2)17(4)13-20/h7-13,18H,6,14H2,1-5H3,(H,25,29)/t18-/m1/s1. The smallest absolute Gasteiger partial charge is 0.348 e. The van der Waals surface area contributed by atoms with E-state index in [0.717, 1.165) is 31.5 Å². The summed E-state index contributed by atoms with van der Waals surface area (Å²) in [5.41, 5.74) is 2.75. The highest BCUT2D eigenvalue weighted by molar-refractivity contribution is 5.91. The molecule has 162 valence electrons. The van der Waals surface area contributed by atoms with Gasteiger partial charge in [0.1, 0.15) is 0 Å². The lowest BCUT2D eigenvalue weighted by atomic mass is 10.1. The van der Waals surface area contributed by atoms with Gasteiger partial charge in [-0.3, -0.25) is 14.2 Å². The predicted molar refractivity (Wildman–Crippen MR) is 121 cm³/mol. The summed E-state index contributed by atoms with van der Waals surface area (Å²) in [6.07, 6.45) is 0.708. The van der Waals surface area contributed by atoms with E-state index in [-0.39, 0.29) is 18.3 Å². The molecule has 0 bridgehead atoms. The molecule has 0 fully saturated rings. The van der Waals surface area contributed by atoms with E-state index in [2.05, 4.69) is 10.4 Å². The zero-order valence-electron chi connectivity index (χ0n) is 18.6. The largest absolute Gasteiger partial charge is 0.352 e. The Morgan fingerprint density at radius 2 is 1.74 bits per heavy atom. The van der Waals surface area contributed by atoms with E-state index in [4.69, 9.17) is 0 Å². The monoisotopic (exact) mass is 420 g/mol. The SMILES string of the molecule is CC[C@@H](C)NC(=O)c1nn(-c2ccc(C)c(C)c2)c(=O)n(Cc2ccccc2C)c1=O. The fraction of sp³-hybridized carbons (Fsp3) is 0.333. The molecular formula is C24H28N4O3. The molecule has 0 aliphatic rings. The minimum Gasteiger partial charge on any atom is -0.348 e. The van der Waals surface area contributed by atoms with Gasteiger partial charge in [-0.05, 0) is 68.5 Å². The molecule has 1 atom stereocenters. The number of rotatable bonds is 6. The summed E-state index contributed by atoms with van der Waals surface area (Å²) in [6, 6.07) is 12.9. The van der Waals surface area contributed by atoms with Crippen molar-refractivity contribution in [2.75, 3.05) is 0 Å². The van der Waals surface area contributed by atoms with Gasteiger partial charge in [0.2, 0.25) is 5.69 Å². The van der Waals surface area contributed by atoms with Gasteiger partial charge in [0.15, 0.2) is 0 Å². The van der Waals surface area contributed by atoms with E-state index in [9.17, 15) is 14.4 Å². The normalized spacial score (nSPS) is 11.9. The molecule has 3 rings (SSSR count). The first kappa shape index (κ1) is 22.2. The molecule has 1 amide bonds. The van der Waals surface area contributed by atoms with Crippen LogP contribution in [0.4, 0.5) is 0 Å². The Labute approximate surface area is 181 Å². The number of carbonyl (C=O) groups excluding carboxylic acids is 1. The maximum absolute atomic E-state index is 13.3. The number of carbonyl (C=O) groups is 1. The Morgan fingerprint density at radius 3 is 2.39 bits per heavy atom. The molecule has 7 heteroatoms. The quantitative estimate of drug-likeness (QED) is 0.664. The molecule has 0 aliphatic heterocycles. The van der Waals surface area contributed by atoms with Gasteiger partial charge in [-0.2, -0.15) is 9.78 Å². The number of amides is 1. The van der Waals surface area contributed by atoms with Gasteiger partial charge in [-0.1, -0.05) is 37.3 Å². The average molecular weight is 421 g/mol. The molecule has 7 nitrogen and oxygen atoms in total. The van der Waals surface area contributed by atoms with Crippen LogP contribution in [-0.2, 0) is 6.54 Å². The van der Waals surface area contributed by atoms with E-state index in [0.29, 0.717) is 12.1 Å². The number of nitrogens with zero attached hydrogens (tertiary/aromatic N) is 3. The van der Waals surface area contributed by atoms with E-state index in [1.807, 2.05) is 71.0 Å². The minimum atomic E-state index is -0.700. The fourth-order valence-corrected chi connectivity index (χ4v) is 3.17. The molecule has 1 aromatic heterocycles. The maximum Gasteiger partial charge on any atom is 0.352 e. The van der Waals surface area contributed by atoms with Crippen molar-refractivity contribution in [1.82, 2.24) is 19.7 Å². The van der Waals surface area contributed by atoms with Gasteiger partial charge >= 0.3 is 5.69 Å².